The molecule has 11 heteroatoms. The molecule has 0 fully saturated rings. The van der Waals surface area contributed by atoms with Crippen molar-refractivity contribution in [1.29, 1.82) is 0 Å². The second kappa shape index (κ2) is 10.3. The molecule has 3 aromatic carbocycles. The number of thiocarbonyl (C=S) groups is 1. The second-order valence-electron chi connectivity index (χ2n) is 8.24. The van der Waals surface area contributed by atoms with E-state index in [1.807, 2.05) is 47.9 Å². The van der Waals surface area contributed by atoms with Crippen LogP contribution in [-0.2, 0) is 0 Å². The number of hydrogen-bond acceptors (Lipinski definition) is 5. The van der Waals surface area contributed by atoms with Gasteiger partial charge in [-0.25, -0.2) is 4.98 Å². The number of nitrogens with one attached hydrogen (secondary N) is 2. The number of benzene rings is 3. The predicted molar refractivity (Wildman–Crippen MR) is 151 cm³/mol. The summed E-state index contributed by atoms with van der Waals surface area (Å²) in [5, 5.41) is 8.74. The highest BCUT2D eigenvalue weighted by atomic mass is 32.1. The Bertz CT molecular complexity index is 1690. The molecule has 2 N–H and O–H groups in total. The van der Waals surface area contributed by atoms with Crippen molar-refractivity contribution in [2.45, 2.75) is 13.3 Å². The minimum absolute atomic E-state index is 0.277. The van der Waals surface area contributed by atoms with Gasteiger partial charge >= 0.3 is 6.36 Å². The van der Waals surface area contributed by atoms with E-state index in [0.717, 1.165) is 42.8 Å². The Balaban J connectivity index is 1.32. The summed E-state index contributed by atoms with van der Waals surface area (Å²) < 4.78 is 44.2. The molecule has 6 nitrogen and oxygen atoms in total. The van der Waals surface area contributed by atoms with E-state index >= 15 is 0 Å². The second-order valence-corrected chi connectivity index (χ2v) is 9.67. The summed E-state index contributed by atoms with van der Waals surface area (Å²) in [6, 6.07) is 17.4. The van der Waals surface area contributed by atoms with Crippen LogP contribution < -0.4 is 15.5 Å². The number of aryl methyl sites for hydroxylation is 1. The fourth-order valence-electron chi connectivity index (χ4n) is 3.95. The molecule has 0 aliphatic rings. The van der Waals surface area contributed by atoms with Crippen LogP contribution in [0.1, 0.15) is 16.7 Å². The molecule has 0 atom stereocenters. The zero-order valence-corrected chi connectivity index (χ0v) is 21.5. The fraction of sp³-hybridized carbons (Fsp3) is 0.0741. The zero-order chi connectivity index (χ0) is 26.9. The number of anilines is 1. The van der Waals surface area contributed by atoms with Crippen LogP contribution in [0.5, 0.6) is 5.75 Å². The molecule has 5 aromatic rings. The highest BCUT2D eigenvalue weighted by molar-refractivity contribution is 7.80. The number of imidazole rings is 1. The van der Waals surface area contributed by atoms with E-state index < -0.39 is 6.36 Å². The van der Waals surface area contributed by atoms with Crippen LogP contribution in [0.2, 0.25) is 0 Å². The summed E-state index contributed by atoms with van der Waals surface area (Å²) >= 11 is 6.90. The van der Waals surface area contributed by atoms with Gasteiger partial charge in [-0.1, -0.05) is 43.0 Å². The van der Waals surface area contributed by atoms with Crippen molar-refractivity contribution < 1.29 is 17.9 Å². The Labute approximate surface area is 225 Å². The molecule has 0 aliphatic heterocycles. The van der Waals surface area contributed by atoms with Crippen molar-refractivity contribution >= 4 is 67.1 Å². The summed E-state index contributed by atoms with van der Waals surface area (Å²) in [5.41, 5.74) is 8.03. The third-order valence-corrected chi connectivity index (χ3v) is 7.02. The lowest BCUT2D eigenvalue weighted by Gasteiger charge is -2.12. The molecule has 0 saturated heterocycles. The van der Waals surface area contributed by atoms with E-state index in [-0.39, 0.29) is 5.75 Å². The van der Waals surface area contributed by atoms with Crippen LogP contribution >= 0.6 is 23.6 Å². The average molecular weight is 552 g/mol. The quantitative estimate of drug-likeness (QED) is 0.131. The van der Waals surface area contributed by atoms with Crippen molar-refractivity contribution in [3.8, 4) is 11.4 Å². The van der Waals surface area contributed by atoms with Crippen LogP contribution in [0.4, 0.5) is 18.9 Å². The Morgan fingerprint density at radius 3 is 2.68 bits per heavy atom. The number of halogens is 3. The van der Waals surface area contributed by atoms with E-state index in [4.69, 9.17) is 12.2 Å². The average Bonchev–Trinajstić information content (AvgIpc) is 3.44. The minimum atomic E-state index is -4.73. The molecule has 2 aromatic heterocycles. The number of aromatic nitrogens is 2. The van der Waals surface area contributed by atoms with Gasteiger partial charge in [0.1, 0.15) is 22.4 Å². The van der Waals surface area contributed by atoms with Gasteiger partial charge in [0.25, 0.3) is 0 Å². The number of hydrogen-bond donors (Lipinski definition) is 2. The number of ether oxygens (including phenoxy) is 1. The fourth-order valence-corrected chi connectivity index (χ4v) is 5.30. The zero-order valence-electron chi connectivity index (χ0n) is 19.9. The lowest BCUT2D eigenvalue weighted by atomic mass is 10.1. The summed E-state index contributed by atoms with van der Waals surface area (Å²) in [4.78, 5) is 5.40. The highest BCUT2D eigenvalue weighted by Crippen LogP contribution is 2.35. The first-order valence-corrected chi connectivity index (χ1v) is 12.5. The lowest BCUT2D eigenvalue weighted by Crippen LogP contribution is -2.24. The molecule has 0 amide bonds. The topological polar surface area (TPSA) is 63.5 Å². The van der Waals surface area contributed by atoms with E-state index in [1.54, 1.807) is 30.8 Å². The van der Waals surface area contributed by atoms with E-state index in [1.165, 1.54) is 23.5 Å². The molecule has 0 radical (unpaired) electrons. The minimum Gasteiger partial charge on any atom is -0.406 e. The summed E-state index contributed by atoms with van der Waals surface area (Å²) in [5.74, 6) is -0.277. The standard InChI is InChI=1S/C27H20F3N5OS2/c1-3-18-6-4-5-16(2)23(18)33-26(37)34-32-14-17-7-12-21-22(13-17)38-25-24(21)31-15-35(25)19-8-10-20(11-9-19)36-27(28,29)30/h3-15H,1H2,2H3,(H2,33,34,37)/b32-14+. The maximum Gasteiger partial charge on any atom is 0.573 e. The third-order valence-electron chi connectivity index (χ3n) is 5.68. The van der Waals surface area contributed by atoms with Crippen LogP contribution in [0.25, 0.3) is 32.2 Å². The van der Waals surface area contributed by atoms with Gasteiger partial charge in [-0.15, -0.1) is 24.5 Å². The molecule has 0 aliphatic carbocycles. The Hall–Kier alpha value is -4.22. The summed E-state index contributed by atoms with van der Waals surface area (Å²) in [7, 11) is 0. The van der Waals surface area contributed by atoms with Gasteiger partial charge in [0.15, 0.2) is 5.11 Å². The molecule has 0 saturated carbocycles. The maximum atomic E-state index is 12.5. The molecule has 192 valence electrons. The predicted octanol–water partition coefficient (Wildman–Crippen LogP) is 7.41. The first kappa shape index (κ1) is 25.4. The van der Waals surface area contributed by atoms with Crippen molar-refractivity contribution in [1.82, 2.24) is 15.0 Å². The Morgan fingerprint density at radius 2 is 1.95 bits per heavy atom. The molecule has 38 heavy (non-hydrogen) atoms. The van der Waals surface area contributed by atoms with Crippen LogP contribution in [-0.4, -0.2) is 27.2 Å². The smallest absolute Gasteiger partial charge is 0.406 e. The van der Waals surface area contributed by atoms with Crippen molar-refractivity contribution in [2.75, 3.05) is 5.32 Å². The first-order chi connectivity index (χ1) is 18.2. The van der Waals surface area contributed by atoms with Gasteiger partial charge in [0.2, 0.25) is 0 Å². The van der Waals surface area contributed by atoms with Crippen molar-refractivity contribution in [2.24, 2.45) is 5.10 Å². The molecular weight excluding hydrogens is 531 g/mol. The number of alkyl halides is 3. The first-order valence-electron chi connectivity index (χ1n) is 11.3. The van der Waals surface area contributed by atoms with Crippen LogP contribution in [0.15, 0.2) is 78.7 Å². The van der Waals surface area contributed by atoms with Gasteiger partial charge < -0.3 is 10.1 Å². The largest absolute Gasteiger partial charge is 0.573 e. The van der Waals surface area contributed by atoms with Crippen LogP contribution in [0.3, 0.4) is 0 Å². The number of thiophene rings is 1. The Morgan fingerprint density at radius 1 is 1.16 bits per heavy atom. The lowest BCUT2D eigenvalue weighted by molar-refractivity contribution is -0.274. The van der Waals surface area contributed by atoms with Gasteiger partial charge in [0.05, 0.1) is 11.9 Å². The SMILES string of the molecule is C=Cc1cccc(C)c1NC(=S)N/N=C/c1ccc2c(c1)sc1c2ncn1-c1ccc(OC(F)(F)F)cc1. The van der Waals surface area contributed by atoms with Crippen molar-refractivity contribution in [3.05, 3.63) is 90.3 Å². The number of fused-ring (bicyclic) bond motifs is 3. The molecule has 0 unspecified atom stereocenters. The monoisotopic (exact) mass is 551 g/mol. The van der Waals surface area contributed by atoms with E-state index in [9.17, 15) is 13.2 Å². The normalized spacial score (nSPS) is 11.8. The number of rotatable bonds is 6. The van der Waals surface area contributed by atoms with Crippen LogP contribution in [0, 0.1) is 6.92 Å². The van der Waals surface area contributed by atoms with Gasteiger partial charge in [-0.3, -0.25) is 9.99 Å². The third kappa shape index (κ3) is 5.38. The molecule has 0 bridgehead atoms. The molecular formula is C27H20F3N5OS2. The molecule has 5 rings (SSSR count). The highest BCUT2D eigenvalue weighted by Gasteiger charge is 2.31. The van der Waals surface area contributed by atoms with E-state index in [0.29, 0.717) is 10.8 Å². The molecule has 2 heterocycles. The van der Waals surface area contributed by atoms with Crippen molar-refractivity contribution in [3.63, 3.8) is 0 Å². The maximum absolute atomic E-state index is 12.5. The van der Waals surface area contributed by atoms with Gasteiger partial charge in [0, 0.05) is 15.8 Å². The van der Waals surface area contributed by atoms with E-state index in [2.05, 4.69) is 32.1 Å². The summed E-state index contributed by atoms with van der Waals surface area (Å²) in [6.45, 7) is 5.82. The van der Waals surface area contributed by atoms with Gasteiger partial charge in [-0.05, 0) is 66.2 Å². The molecule has 0 spiro atoms. The number of para-hydroxylation sites is 1. The Kier molecular flexibility index (Phi) is 6.87. The van der Waals surface area contributed by atoms with Gasteiger partial charge in [-0.2, -0.15) is 5.10 Å². The number of nitrogens with zero attached hydrogens (tertiary/aromatic N) is 3. The summed E-state index contributed by atoms with van der Waals surface area (Å²) in [6.07, 6.45) is 0.352. The number of hydrazone groups is 1.